The summed E-state index contributed by atoms with van der Waals surface area (Å²) in [5.74, 6) is -2.21. The van der Waals surface area contributed by atoms with Crippen LogP contribution in [0, 0.1) is 5.82 Å². The second-order valence-corrected chi connectivity index (χ2v) is 5.50. The lowest BCUT2D eigenvalue weighted by atomic mass is 9.99. The van der Waals surface area contributed by atoms with Gasteiger partial charge in [0.2, 0.25) is 5.75 Å². The first-order valence-corrected chi connectivity index (χ1v) is 7.64. The molecular formula is C18H15FO6. The number of hydrogen-bond donors (Lipinski definition) is 2. The molecule has 0 bridgehead atoms. The number of carbonyl (C=O) groups is 2. The largest absolute Gasteiger partial charge is 0.507 e. The number of ketones is 2. The van der Waals surface area contributed by atoms with E-state index >= 15 is 0 Å². The van der Waals surface area contributed by atoms with Crippen LogP contribution in [0.4, 0.5) is 4.39 Å². The summed E-state index contributed by atoms with van der Waals surface area (Å²) in [6.45, 7) is 0.480. The van der Waals surface area contributed by atoms with E-state index in [-0.39, 0.29) is 54.5 Å². The van der Waals surface area contributed by atoms with Crippen LogP contribution in [0.15, 0.2) is 30.3 Å². The van der Waals surface area contributed by atoms with Crippen LogP contribution in [-0.4, -0.2) is 35.0 Å². The average molecular weight is 346 g/mol. The van der Waals surface area contributed by atoms with Crippen molar-refractivity contribution in [2.75, 3.05) is 13.2 Å². The molecule has 130 valence electrons. The SMILES string of the molecule is O=C(CCC(=O)c1c(O)cc2c(c1O)OCCO2)c1ccc(F)cc1. The first kappa shape index (κ1) is 16.8. The van der Waals surface area contributed by atoms with Gasteiger partial charge in [0.25, 0.3) is 0 Å². The fourth-order valence-electron chi connectivity index (χ4n) is 2.56. The third-order valence-electron chi connectivity index (χ3n) is 3.81. The monoisotopic (exact) mass is 346 g/mol. The fraction of sp³-hybridized carbons (Fsp3) is 0.222. The molecule has 25 heavy (non-hydrogen) atoms. The van der Waals surface area contributed by atoms with E-state index in [1.807, 2.05) is 0 Å². The molecule has 6 nitrogen and oxygen atoms in total. The summed E-state index contributed by atoms with van der Waals surface area (Å²) in [5.41, 5.74) is -0.0269. The van der Waals surface area contributed by atoms with Gasteiger partial charge in [0, 0.05) is 24.5 Å². The Morgan fingerprint density at radius 1 is 1.00 bits per heavy atom. The van der Waals surface area contributed by atoms with Crippen LogP contribution in [-0.2, 0) is 0 Å². The molecule has 0 spiro atoms. The molecule has 3 rings (SSSR count). The van der Waals surface area contributed by atoms with Gasteiger partial charge in [-0.1, -0.05) is 0 Å². The van der Waals surface area contributed by atoms with Crippen LogP contribution in [0.5, 0.6) is 23.0 Å². The number of hydrogen-bond acceptors (Lipinski definition) is 6. The summed E-state index contributed by atoms with van der Waals surface area (Å²) in [5, 5.41) is 20.2. The van der Waals surface area contributed by atoms with Gasteiger partial charge in [-0.25, -0.2) is 4.39 Å². The smallest absolute Gasteiger partial charge is 0.204 e. The van der Waals surface area contributed by atoms with Crippen molar-refractivity contribution in [3.63, 3.8) is 0 Å². The second-order valence-electron chi connectivity index (χ2n) is 5.50. The molecule has 0 aliphatic carbocycles. The zero-order chi connectivity index (χ0) is 18.0. The Morgan fingerprint density at radius 2 is 1.64 bits per heavy atom. The molecule has 1 aliphatic rings. The highest BCUT2D eigenvalue weighted by Gasteiger charge is 2.26. The van der Waals surface area contributed by atoms with Gasteiger partial charge in [-0.05, 0) is 24.3 Å². The third kappa shape index (κ3) is 3.40. The van der Waals surface area contributed by atoms with Gasteiger partial charge in [-0.2, -0.15) is 0 Å². The van der Waals surface area contributed by atoms with E-state index in [0.29, 0.717) is 0 Å². The van der Waals surface area contributed by atoms with Crippen molar-refractivity contribution >= 4 is 11.6 Å². The quantitative estimate of drug-likeness (QED) is 0.809. The van der Waals surface area contributed by atoms with Gasteiger partial charge < -0.3 is 19.7 Å². The van der Waals surface area contributed by atoms with Crippen LogP contribution in [0.3, 0.4) is 0 Å². The first-order chi connectivity index (χ1) is 12.0. The topological polar surface area (TPSA) is 93.1 Å². The molecule has 0 atom stereocenters. The predicted molar refractivity (Wildman–Crippen MR) is 85.1 cm³/mol. The Balaban J connectivity index is 1.75. The fourth-order valence-corrected chi connectivity index (χ4v) is 2.56. The molecule has 2 aromatic carbocycles. The number of phenolic OH excluding ortho intramolecular Hbond substituents is 2. The lowest BCUT2D eigenvalue weighted by Crippen LogP contribution is -2.16. The highest BCUT2D eigenvalue weighted by atomic mass is 19.1. The minimum atomic E-state index is -0.609. The summed E-state index contributed by atoms with van der Waals surface area (Å²) in [6.07, 6.45) is -0.366. The number of ether oxygens (including phenoxy) is 2. The van der Waals surface area contributed by atoms with Gasteiger partial charge in [0.1, 0.15) is 30.3 Å². The van der Waals surface area contributed by atoms with Crippen LogP contribution in [0.1, 0.15) is 33.6 Å². The number of halogens is 1. The second kappa shape index (κ2) is 6.80. The summed E-state index contributed by atoms with van der Waals surface area (Å²) in [6, 6.07) is 6.19. The highest BCUT2D eigenvalue weighted by Crippen LogP contribution is 2.46. The zero-order valence-electron chi connectivity index (χ0n) is 13.1. The van der Waals surface area contributed by atoms with E-state index in [1.165, 1.54) is 18.2 Å². The number of phenols is 2. The number of carbonyl (C=O) groups excluding carboxylic acids is 2. The molecular weight excluding hydrogens is 331 g/mol. The molecule has 1 heterocycles. The van der Waals surface area contributed by atoms with E-state index in [1.54, 1.807) is 0 Å². The standard InChI is InChI=1S/C18H15FO6/c19-11-3-1-10(2-4-11)12(20)5-6-13(21)16-14(22)9-15-18(17(16)23)25-8-7-24-15/h1-4,9,22-23H,5-8H2. The molecule has 2 aromatic rings. The molecule has 0 fully saturated rings. The van der Waals surface area contributed by atoms with Gasteiger partial charge >= 0.3 is 0 Å². The molecule has 0 unspecified atom stereocenters. The average Bonchev–Trinajstić information content (AvgIpc) is 2.60. The maximum absolute atomic E-state index is 12.9. The predicted octanol–water partition coefficient (Wildman–Crippen LogP) is 2.85. The lowest BCUT2D eigenvalue weighted by Gasteiger charge is -2.21. The van der Waals surface area contributed by atoms with E-state index in [0.717, 1.165) is 12.1 Å². The van der Waals surface area contributed by atoms with Gasteiger partial charge in [-0.15, -0.1) is 0 Å². The van der Waals surface area contributed by atoms with E-state index in [9.17, 15) is 24.2 Å². The van der Waals surface area contributed by atoms with E-state index in [4.69, 9.17) is 9.47 Å². The number of benzene rings is 2. The number of rotatable bonds is 5. The molecule has 0 aromatic heterocycles. The van der Waals surface area contributed by atoms with Crippen molar-refractivity contribution in [2.24, 2.45) is 0 Å². The van der Waals surface area contributed by atoms with E-state index < -0.39 is 23.1 Å². The van der Waals surface area contributed by atoms with E-state index in [2.05, 4.69) is 0 Å². The first-order valence-electron chi connectivity index (χ1n) is 7.64. The Bertz CT molecular complexity index is 828. The van der Waals surface area contributed by atoms with Crippen molar-refractivity contribution in [3.8, 4) is 23.0 Å². The molecule has 0 amide bonds. The van der Waals surface area contributed by atoms with Crippen LogP contribution in [0.2, 0.25) is 0 Å². The molecule has 2 N–H and O–H groups in total. The van der Waals surface area contributed by atoms with Gasteiger partial charge in [0.05, 0.1) is 0 Å². The Labute approximate surface area is 142 Å². The van der Waals surface area contributed by atoms with Gasteiger partial charge in [-0.3, -0.25) is 9.59 Å². The lowest BCUT2D eigenvalue weighted by molar-refractivity contribution is 0.0912. The molecule has 0 saturated carbocycles. The van der Waals surface area contributed by atoms with Crippen molar-refractivity contribution in [2.45, 2.75) is 12.8 Å². The molecule has 0 saturated heterocycles. The minimum Gasteiger partial charge on any atom is -0.507 e. The van der Waals surface area contributed by atoms with Crippen LogP contribution < -0.4 is 9.47 Å². The maximum Gasteiger partial charge on any atom is 0.204 e. The van der Waals surface area contributed by atoms with Crippen molar-refractivity contribution in [3.05, 3.63) is 47.3 Å². The van der Waals surface area contributed by atoms with Crippen molar-refractivity contribution < 1.29 is 33.7 Å². The van der Waals surface area contributed by atoms with Gasteiger partial charge in [0.15, 0.2) is 23.1 Å². The van der Waals surface area contributed by atoms with Crippen molar-refractivity contribution in [1.29, 1.82) is 0 Å². The summed E-state index contributed by atoms with van der Waals surface area (Å²) in [4.78, 5) is 24.4. The Morgan fingerprint density at radius 3 is 2.36 bits per heavy atom. The molecule has 0 radical (unpaired) electrons. The normalized spacial score (nSPS) is 12.7. The maximum atomic E-state index is 12.9. The minimum absolute atomic E-state index is 0.00254. The summed E-state index contributed by atoms with van der Waals surface area (Å²) >= 11 is 0. The number of fused-ring (bicyclic) bond motifs is 1. The third-order valence-corrected chi connectivity index (χ3v) is 3.81. The Kier molecular flexibility index (Phi) is 4.56. The number of Topliss-reactive ketones (excluding diaryl/α,β-unsaturated/α-hetero) is 2. The number of aromatic hydroxyl groups is 2. The molecule has 7 heteroatoms. The Hall–Kier alpha value is -3.09. The van der Waals surface area contributed by atoms with Crippen LogP contribution in [0.25, 0.3) is 0 Å². The highest BCUT2D eigenvalue weighted by molar-refractivity contribution is 6.05. The molecule has 1 aliphatic heterocycles. The zero-order valence-corrected chi connectivity index (χ0v) is 13.1. The van der Waals surface area contributed by atoms with Crippen LogP contribution >= 0.6 is 0 Å². The summed E-state index contributed by atoms with van der Waals surface area (Å²) in [7, 11) is 0. The van der Waals surface area contributed by atoms with Crippen molar-refractivity contribution in [1.82, 2.24) is 0 Å². The summed E-state index contributed by atoms with van der Waals surface area (Å²) < 4.78 is 23.4.